The van der Waals surface area contributed by atoms with Gasteiger partial charge in [-0.1, -0.05) is 26.7 Å². The molecule has 4 nitrogen and oxygen atoms in total. The molecule has 18 heavy (non-hydrogen) atoms. The fourth-order valence-electron chi connectivity index (χ4n) is 2.69. The van der Waals surface area contributed by atoms with E-state index in [4.69, 9.17) is 0 Å². The summed E-state index contributed by atoms with van der Waals surface area (Å²) in [6, 6.07) is -0.124. The third-order valence-electron chi connectivity index (χ3n) is 3.84. The first-order chi connectivity index (χ1) is 8.58. The number of hydrogen-bond donors (Lipinski definition) is 2. The first kappa shape index (κ1) is 15.0. The van der Waals surface area contributed by atoms with Crippen molar-refractivity contribution < 1.29 is 9.59 Å². The molecular weight excluding hydrogens is 228 g/mol. The van der Waals surface area contributed by atoms with E-state index < -0.39 is 0 Å². The molecule has 1 aliphatic carbocycles. The summed E-state index contributed by atoms with van der Waals surface area (Å²) in [6.07, 6.45) is 6.28. The first-order valence-electron chi connectivity index (χ1n) is 7.15. The molecule has 0 heterocycles. The van der Waals surface area contributed by atoms with Crippen LogP contribution in [0.15, 0.2) is 0 Å². The predicted molar refractivity (Wildman–Crippen MR) is 72.1 cm³/mol. The molecule has 0 spiro atoms. The van der Waals surface area contributed by atoms with Crippen molar-refractivity contribution in [1.29, 1.82) is 0 Å². The van der Waals surface area contributed by atoms with E-state index in [1.165, 1.54) is 19.8 Å². The van der Waals surface area contributed by atoms with E-state index >= 15 is 0 Å². The van der Waals surface area contributed by atoms with Crippen LogP contribution in [0, 0.1) is 5.92 Å². The molecule has 1 atom stereocenters. The summed E-state index contributed by atoms with van der Waals surface area (Å²) in [4.78, 5) is 23.5. The van der Waals surface area contributed by atoms with Crippen LogP contribution >= 0.6 is 0 Å². The van der Waals surface area contributed by atoms with Gasteiger partial charge in [0.05, 0.1) is 0 Å². The number of rotatable bonds is 6. The van der Waals surface area contributed by atoms with Crippen molar-refractivity contribution >= 4 is 11.8 Å². The summed E-state index contributed by atoms with van der Waals surface area (Å²) >= 11 is 0. The van der Waals surface area contributed by atoms with Crippen molar-refractivity contribution in [2.24, 2.45) is 5.92 Å². The molecular formula is C14H26N2O2. The molecule has 0 bridgehead atoms. The molecule has 104 valence electrons. The van der Waals surface area contributed by atoms with Crippen molar-refractivity contribution in [3.05, 3.63) is 0 Å². The second kappa shape index (κ2) is 7.39. The summed E-state index contributed by atoms with van der Waals surface area (Å²) < 4.78 is 0. The van der Waals surface area contributed by atoms with Gasteiger partial charge in [0.2, 0.25) is 11.8 Å². The summed E-state index contributed by atoms with van der Waals surface area (Å²) in [5.74, 6) is 0.181. The Kier molecular flexibility index (Phi) is 6.16. The number of amides is 2. The van der Waals surface area contributed by atoms with E-state index in [1.807, 2.05) is 0 Å². The van der Waals surface area contributed by atoms with Gasteiger partial charge in [-0.15, -0.1) is 0 Å². The highest BCUT2D eigenvalue weighted by atomic mass is 16.2. The minimum Gasteiger partial charge on any atom is -0.352 e. The summed E-state index contributed by atoms with van der Waals surface area (Å²) in [7, 11) is 0. The molecule has 0 radical (unpaired) electrons. The van der Waals surface area contributed by atoms with Crippen LogP contribution in [-0.2, 0) is 9.59 Å². The van der Waals surface area contributed by atoms with Crippen molar-refractivity contribution in [1.82, 2.24) is 10.6 Å². The molecule has 2 amide bonds. The van der Waals surface area contributed by atoms with Crippen molar-refractivity contribution in [2.75, 3.05) is 0 Å². The maximum absolute atomic E-state index is 12.3. The van der Waals surface area contributed by atoms with Gasteiger partial charge in [0.25, 0.3) is 0 Å². The van der Waals surface area contributed by atoms with Gasteiger partial charge in [0.1, 0.15) is 6.04 Å². The monoisotopic (exact) mass is 254 g/mol. The molecule has 0 aromatic heterocycles. The number of carbonyl (C=O) groups excluding carboxylic acids is 2. The van der Waals surface area contributed by atoms with Crippen LogP contribution in [0.5, 0.6) is 0 Å². The van der Waals surface area contributed by atoms with E-state index in [1.54, 1.807) is 0 Å². The molecule has 1 aliphatic rings. The van der Waals surface area contributed by atoms with Gasteiger partial charge in [-0.05, 0) is 31.6 Å². The topological polar surface area (TPSA) is 58.2 Å². The Balaban J connectivity index is 2.62. The average Bonchev–Trinajstić information content (AvgIpc) is 2.86. The summed E-state index contributed by atoms with van der Waals surface area (Å²) in [5, 5.41) is 5.87. The SMILES string of the molecule is CCC(CC)NC(=O)C(NC(C)=O)C1CCCC1. The fraction of sp³-hybridized carbons (Fsp3) is 0.857. The van der Waals surface area contributed by atoms with Crippen molar-refractivity contribution in [3.8, 4) is 0 Å². The van der Waals surface area contributed by atoms with Crippen LogP contribution in [0.1, 0.15) is 59.3 Å². The van der Waals surface area contributed by atoms with Gasteiger partial charge >= 0.3 is 0 Å². The zero-order valence-electron chi connectivity index (χ0n) is 11.8. The van der Waals surface area contributed by atoms with Crippen LogP contribution in [0.2, 0.25) is 0 Å². The minimum atomic E-state index is -0.342. The van der Waals surface area contributed by atoms with Gasteiger partial charge < -0.3 is 10.6 Å². The number of carbonyl (C=O) groups is 2. The quantitative estimate of drug-likeness (QED) is 0.761. The van der Waals surface area contributed by atoms with E-state index in [0.29, 0.717) is 5.92 Å². The Labute approximate surface area is 110 Å². The lowest BCUT2D eigenvalue weighted by atomic mass is 9.96. The highest BCUT2D eigenvalue weighted by Crippen LogP contribution is 2.28. The Morgan fingerprint density at radius 1 is 1.11 bits per heavy atom. The maximum atomic E-state index is 12.3. The highest BCUT2D eigenvalue weighted by molar-refractivity contribution is 5.87. The van der Waals surface area contributed by atoms with Crippen LogP contribution in [-0.4, -0.2) is 23.9 Å². The third-order valence-corrected chi connectivity index (χ3v) is 3.84. The van der Waals surface area contributed by atoms with Crippen molar-refractivity contribution in [2.45, 2.75) is 71.4 Å². The lowest BCUT2D eigenvalue weighted by Crippen LogP contribution is -2.52. The molecule has 0 aromatic carbocycles. The van der Waals surface area contributed by atoms with Gasteiger partial charge in [-0.25, -0.2) is 0 Å². The lowest BCUT2D eigenvalue weighted by molar-refractivity contribution is -0.130. The van der Waals surface area contributed by atoms with Crippen LogP contribution in [0.4, 0.5) is 0 Å². The largest absolute Gasteiger partial charge is 0.352 e. The smallest absolute Gasteiger partial charge is 0.243 e. The Bertz CT molecular complexity index is 282. The average molecular weight is 254 g/mol. The van der Waals surface area contributed by atoms with Gasteiger partial charge in [-0.3, -0.25) is 9.59 Å². The van der Waals surface area contributed by atoms with Gasteiger partial charge in [0.15, 0.2) is 0 Å². The Morgan fingerprint density at radius 2 is 1.67 bits per heavy atom. The number of hydrogen-bond acceptors (Lipinski definition) is 2. The molecule has 1 fully saturated rings. The van der Waals surface area contributed by atoms with Gasteiger partial charge in [-0.2, -0.15) is 0 Å². The molecule has 0 saturated heterocycles. The van der Waals surface area contributed by atoms with E-state index in [-0.39, 0.29) is 23.9 Å². The highest BCUT2D eigenvalue weighted by Gasteiger charge is 2.31. The molecule has 1 saturated carbocycles. The second-order valence-corrected chi connectivity index (χ2v) is 5.24. The molecule has 2 N–H and O–H groups in total. The summed E-state index contributed by atoms with van der Waals surface area (Å²) in [6.45, 7) is 5.61. The van der Waals surface area contributed by atoms with Gasteiger partial charge in [0, 0.05) is 13.0 Å². The zero-order valence-corrected chi connectivity index (χ0v) is 11.8. The Morgan fingerprint density at radius 3 is 2.11 bits per heavy atom. The van der Waals surface area contributed by atoms with Crippen LogP contribution < -0.4 is 10.6 Å². The molecule has 0 aromatic rings. The molecule has 0 aliphatic heterocycles. The third kappa shape index (κ3) is 4.31. The second-order valence-electron chi connectivity index (χ2n) is 5.24. The normalized spacial score (nSPS) is 17.8. The van der Waals surface area contributed by atoms with Crippen molar-refractivity contribution in [3.63, 3.8) is 0 Å². The Hall–Kier alpha value is -1.06. The van der Waals surface area contributed by atoms with E-state index in [0.717, 1.165) is 25.7 Å². The first-order valence-corrected chi connectivity index (χ1v) is 7.15. The van der Waals surface area contributed by atoms with E-state index in [2.05, 4.69) is 24.5 Å². The van der Waals surface area contributed by atoms with Crippen LogP contribution in [0.25, 0.3) is 0 Å². The van der Waals surface area contributed by atoms with E-state index in [9.17, 15) is 9.59 Å². The number of nitrogens with one attached hydrogen (secondary N) is 2. The minimum absolute atomic E-state index is 0.00852. The predicted octanol–water partition coefficient (Wildman–Crippen LogP) is 1.99. The maximum Gasteiger partial charge on any atom is 0.243 e. The summed E-state index contributed by atoms with van der Waals surface area (Å²) in [5.41, 5.74) is 0. The van der Waals surface area contributed by atoms with Crippen LogP contribution in [0.3, 0.4) is 0 Å². The molecule has 4 heteroatoms. The standard InChI is InChI=1S/C14H26N2O2/c1-4-12(5-2)16-14(18)13(15-10(3)17)11-8-6-7-9-11/h11-13H,4-9H2,1-3H3,(H,15,17)(H,16,18). The lowest BCUT2D eigenvalue weighted by Gasteiger charge is -2.25. The molecule has 1 unspecified atom stereocenters. The zero-order chi connectivity index (χ0) is 13.5. The molecule has 1 rings (SSSR count). The fourth-order valence-corrected chi connectivity index (χ4v) is 2.69.